The molecule has 1 aliphatic rings. The fourth-order valence-corrected chi connectivity index (χ4v) is 5.65. The molecule has 1 aromatic heterocycles. The van der Waals surface area contributed by atoms with Gasteiger partial charge in [-0.2, -0.15) is 0 Å². The summed E-state index contributed by atoms with van der Waals surface area (Å²) in [6, 6.07) is 12.2. The predicted octanol–water partition coefficient (Wildman–Crippen LogP) is 3.35. The van der Waals surface area contributed by atoms with E-state index < -0.39 is 10.8 Å². The number of rotatable bonds is 13. The Morgan fingerprint density at radius 1 is 1.00 bits per heavy atom. The van der Waals surface area contributed by atoms with Gasteiger partial charge < -0.3 is 10.6 Å². The van der Waals surface area contributed by atoms with E-state index in [0.717, 1.165) is 17.5 Å². The first-order chi connectivity index (χ1) is 18.1. The molecule has 10 heteroatoms. The van der Waals surface area contributed by atoms with Crippen LogP contribution < -0.4 is 10.6 Å². The summed E-state index contributed by atoms with van der Waals surface area (Å²) < 4.78 is 0. The summed E-state index contributed by atoms with van der Waals surface area (Å²) in [7, 11) is 0. The molecule has 1 atom stereocenters. The van der Waals surface area contributed by atoms with Crippen molar-refractivity contribution < 1.29 is 24.0 Å². The van der Waals surface area contributed by atoms with Crippen LogP contribution in [0.4, 0.5) is 0 Å². The number of hydrogen-bond acceptors (Lipinski definition) is 7. The number of benzene rings is 1. The van der Waals surface area contributed by atoms with Crippen LogP contribution in [-0.2, 0) is 20.8 Å². The van der Waals surface area contributed by atoms with Gasteiger partial charge in [-0.25, -0.2) is 0 Å². The molecule has 0 spiro atoms. The van der Waals surface area contributed by atoms with Crippen LogP contribution >= 0.6 is 11.8 Å². The fraction of sp³-hybridized carbons (Fsp3) is 0.429. The molecule has 0 saturated heterocycles. The van der Waals surface area contributed by atoms with E-state index in [1.165, 1.54) is 11.8 Å². The number of nitrogens with zero attached hydrogens (tertiary/aromatic N) is 2. The molecule has 202 valence electrons. The van der Waals surface area contributed by atoms with Crippen molar-refractivity contribution in [2.75, 3.05) is 13.1 Å². The van der Waals surface area contributed by atoms with Gasteiger partial charge in [-0.15, -0.1) is 0 Å². The minimum Gasteiger partial charge on any atom is -0.353 e. The maximum absolute atomic E-state index is 13.3. The highest BCUT2D eigenvalue weighted by molar-refractivity contribution is 8.15. The van der Waals surface area contributed by atoms with Crippen molar-refractivity contribution in [1.82, 2.24) is 20.5 Å². The van der Waals surface area contributed by atoms with Gasteiger partial charge in [0.1, 0.15) is 0 Å². The van der Waals surface area contributed by atoms with Crippen LogP contribution in [0.2, 0.25) is 0 Å². The zero-order valence-electron chi connectivity index (χ0n) is 22.0. The zero-order valence-corrected chi connectivity index (χ0v) is 22.8. The quantitative estimate of drug-likeness (QED) is 0.228. The molecule has 2 aromatic rings. The number of imide groups is 1. The molecule has 38 heavy (non-hydrogen) atoms. The number of hydrogen-bond donors (Lipinski definition) is 2. The third kappa shape index (κ3) is 7.50. The lowest BCUT2D eigenvalue weighted by molar-refractivity contribution is -0.130. The number of amides is 4. The largest absolute Gasteiger partial charge is 0.353 e. The van der Waals surface area contributed by atoms with Crippen molar-refractivity contribution in [3.05, 3.63) is 65.5 Å². The SMILES string of the molecule is CC(=O)S[C@@](CC(C)C)(NC(=O)CCCCN1C(=O)c2ccccc2C1=O)C(=O)NCCc1ccccn1. The number of aromatic nitrogens is 1. The molecular weight excluding hydrogens is 504 g/mol. The van der Waals surface area contributed by atoms with E-state index in [9.17, 15) is 24.0 Å². The lowest BCUT2D eigenvalue weighted by Crippen LogP contribution is -2.58. The molecule has 0 aliphatic carbocycles. The molecule has 0 radical (unpaired) electrons. The predicted molar refractivity (Wildman–Crippen MR) is 145 cm³/mol. The molecule has 9 nitrogen and oxygen atoms in total. The first-order valence-electron chi connectivity index (χ1n) is 12.8. The first kappa shape index (κ1) is 29.0. The van der Waals surface area contributed by atoms with E-state index in [2.05, 4.69) is 15.6 Å². The second-order valence-corrected chi connectivity index (χ2v) is 11.1. The van der Waals surface area contributed by atoms with E-state index in [-0.39, 0.29) is 48.1 Å². The third-order valence-corrected chi connectivity index (χ3v) is 7.12. The highest BCUT2D eigenvalue weighted by atomic mass is 32.2. The van der Waals surface area contributed by atoms with Crippen LogP contribution in [0.15, 0.2) is 48.7 Å². The smallest absolute Gasteiger partial charge is 0.261 e. The Hall–Kier alpha value is -3.53. The molecular formula is C28H34N4O5S. The summed E-state index contributed by atoms with van der Waals surface area (Å²) in [4.78, 5) is 67.5. The molecule has 1 aliphatic heterocycles. The van der Waals surface area contributed by atoms with E-state index in [4.69, 9.17) is 0 Å². The van der Waals surface area contributed by atoms with Crippen LogP contribution in [0.25, 0.3) is 0 Å². The summed E-state index contributed by atoms with van der Waals surface area (Å²) in [5.74, 6) is -1.43. The number of unbranched alkanes of at least 4 members (excludes halogenated alkanes) is 1. The lowest BCUT2D eigenvalue weighted by Gasteiger charge is -2.33. The van der Waals surface area contributed by atoms with Crippen molar-refractivity contribution >= 4 is 40.5 Å². The van der Waals surface area contributed by atoms with Gasteiger partial charge in [0, 0.05) is 44.7 Å². The number of nitrogens with one attached hydrogen (secondary N) is 2. The summed E-state index contributed by atoms with van der Waals surface area (Å²) >= 11 is 0.815. The van der Waals surface area contributed by atoms with Gasteiger partial charge in [0.25, 0.3) is 17.7 Å². The van der Waals surface area contributed by atoms with E-state index >= 15 is 0 Å². The van der Waals surface area contributed by atoms with Crippen molar-refractivity contribution in [2.45, 2.75) is 57.7 Å². The van der Waals surface area contributed by atoms with Gasteiger partial charge in [-0.05, 0) is 49.4 Å². The molecule has 0 bridgehead atoms. The number of thioether (sulfide) groups is 1. The van der Waals surface area contributed by atoms with Crippen LogP contribution in [0.3, 0.4) is 0 Å². The molecule has 2 heterocycles. The van der Waals surface area contributed by atoms with Crippen molar-refractivity contribution in [2.24, 2.45) is 5.92 Å². The maximum Gasteiger partial charge on any atom is 0.261 e. The minimum atomic E-state index is -1.44. The standard InChI is InChI=1S/C28H34N4O5S/c1-19(2)18-28(38-20(3)33,27(37)30-16-14-21-10-6-8-15-29-21)31-24(34)13-7-9-17-32-25(35)22-11-4-5-12-23(22)26(32)36/h4-6,8,10-12,15,19H,7,9,13-14,16-18H2,1-3H3,(H,30,37)(H,31,34)/t28-/m1/s1. The highest BCUT2D eigenvalue weighted by Crippen LogP contribution is 2.31. The van der Waals surface area contributed by atoms with Gasteiger partial charge in [-0.3, -0.25) is 33.9 Å². The Bertz CT molecular complexity index is 1150. The molecule has 4 amide bonds. The van der Waals surface area contributed by atoms with Gasteiger partial charge in [0.15, 0.2) is 9.99 Å². The number of carbonyl (C=O) groups is 5. The topological polar surface area (TPSA) is 126 Å². The molecule has 1 aromatic carbocycles. The van der Waals surface area contributed by atoms with Crippen LogP contribution in [-0.4, -0.2) is 56.6 Å². The van der Waals surface area contributed by atoms with E-state index in [1.807, 2.05) is 32.0 Å². The van der Waals surface area contributed by atoms with Gasteiger partial charge in [-0.1, -0.05) is 43.8 Å². The normalized spacial score (nSPS) is 14.3. The molecule has 0 saturated carbocycles. The van der Waals surface area contributed by atoms with Crippen LogP contribution in [0, 0.1) is 5.92 Å². The van der Waals surface area contributed by atoms with Gasteiger partial charge >= 0.3 is 0 Å². The lowest BCUT2D eigenvalue weighted by atomic mass is 10.0. The minimum absolute atomic E-state index is 0.0255. The summed E-state index contributed by atoms with van der Waals surface area (Å²) in [5, 5.41) is 5.41. The molecule has 2 N–H and O–H groups in total. The van der Waals surface area contributed by atoms with Crippen molar-refractivity contribution in [3.63, 3.8) is 0 Å². The molecule has 3 rings (SSSR count). The second-order valence-electron chi connectivity index (χ2n) is 9.66. The Morgan fingerprint density at radius 2 is 1.66 bits per heavy atom. The van der Waals surface area contributed by atoms with Crippen molar-refractivity contribution in [3.8, 4) is 0 Å². The maximum atomic E-state index is 13.3. The molecule has 0 unspecified atom stereocenters. The average Bonchev–Trinajstić information content (AvgIpc) is 3.11. The molecule has 0 fully saturated rings. The second kappa shape index (κ2) is 13.3. The monoisotopic (exact) mass is 538 g/mol. The number of pyridine rings is 1. The van der Waals surface area contributed by atoms with Crippen LogP contribution in [0.5, 0.6) is 0 Å². The average molecular weight is 539 g/mol. The van der Waals surface area contributed by atoms with Gasteiger partial charge in [0.2, 0.25) is 5.91 Å². The van der Waals surface area contributed by atoms with E-state index in [0.29, 0.717) is 36.9 Å². The Balaban J connectivity index is 1.57. The number of carbonyl (C=O) groups excluding carboxylic acids is 5. The van der Waals surface area contributed by atoms with Crippen LogP contribution in [0.1, 0.15) is 72.9 Å². The third-order valence-electron chi connectivity index (χ3n) is 6.03. The zero-order chi connectivity index (χ0) is 27.7. The van der Waals surface area contributed by atoms with Crippen molar-refractivity contribution in [1.29, 1.82) is 0 Å². The first-order valence-corrected chi connectivity index (χ1v) is 13.6. The Labute approximate surface area is 227 Å². The summed E-state index contributed by atoms with van der Waals surface area (Å²) in [5.41, 5.74) is 1.61. The Kier molecular flexibility index (Phi) is 10.2. The van der Waals surface area contributed by atoms with E-state index in [1.54, 1.807) is 30.5 Å². The number of fused-ring (bicyclic) bond motifs is 1. The summed E-state index contributed by atoms with van der Waals surface area (Å²) in [6.45, 7) is 5.72. The fourth-order valence-electron chi connectivity index (χ4n) is 4.41. The highest BCUT2D eigenvalue weighted by Gasteiger charge is 2.42. The summed E-state index contributed by atoms with van der Waals surface area (Å²) in [6.07, 6.45) is 3.40. The Morgan fingerprint density at radius 3 is 2.24 bits per heavy atom. The van der Waals surface area contributed by atoms with Gasteiger partial charge in [0.05, 0.1) is 11.1 Å².